The minimum atomic E-state index is -0.819. The molecule has 404 valence electrons. The van der Waals surface area contributed by atoms with E-state index in [4.69, 9.17) is 14.2 Å². The van der Waals surface area contributed by atoms with E-state index in [1.165, 1.54) is 116 Å². The summed E-state index contributed by atoms with van der Waals surface area (Å²) in [6, 6.07) is 0. The van der Waals surface area contributed by atoms with Crippen LogP contribution in [0.25, 0.3) is 0 Å². The van der Waals surface area contributed by atoms with Crippen LogP contribution in [-0.2, 0) is 28.6 Å². The number of esters is 3. The van der Waals surface area contributed by atoms with Crippen molar-refractivity contribution in [3.05, 3.63) is 109 Å². The molecular weight excluding hydrogens is 877 g/mol. The Hall–Kier alpha value is -3.93. The highest BCUT2D eigenvalue weighted by Gasteiger charge is 2.19. The molecule has 0 radical (unpaired) electrons. The third-order valence-corrected chi connectivity index (χ3v) is 12.3. The molecule has 6 nitrogen and oxygen atoms in total. The molecule has 0 amide bonds. The van der Waals surface area contributed by atoms with Gasteiger partial charge in [0.1, 0.15) is 13.2 Å². The molecule has 1 atom stereocenters. The summed E-state index contributed by atoms with van der Waals surface area (Å²) in [6.07, 6.45) is 79.3. The van der Waals surface area contributed by atoms with Crippen molar-refractivity contribution in [1.82, 2.24) is 0 Å². The van der Waals surface area contributed by atoms with Gasteiger partial charge in [0.15, 0.2) is 6.10 Å². The van der Waals surface area contributed by atoms with Crippen molar-refractivity contribution in [2.45, 2.75) is 271 Å². The number of allylic oxidation sites excluding steroid dienone is 18. The number of hydrogen-bond donors (Lipinski definition) is 0. The quantitative estimate of drug-likeness (QED) is 0.0199. The Morgan fingerprint density at radius 1 is 0.296 bits per heavy atom. The topological polar surface area (TPSA) is 78.9 Å². The van der Waals surface area contributed by atoms with Gasteiger partial charge < -0.3 is 14.2 Å². The normalized spacial score (nSPS) is 12.9. The van der Waals surface area contributed by atoms with Crippen LogP contribution in [-0.4, -0.2) is 37.2 Å². The molecule has 0 aromatic rings. The molecule has 0 aliphatic heterocycles. The van der Waals surface area contributed by atoms with Crippen molar-refractivity contribution in [3.8, 4) is 0 Å². The van der Waals surface area contributed by atoms with Gasteiger partial charge in [0.2, 0.25) is 0 Å². The monoisotopic (exact) mass is 985 g/mol. The Labute approximate surface area is 438 Å². The molecule has 0 bridgehead atoms. The zero-order valence-corrected chi connectivity index (χ0v) is 46.2. The molecule has 0 aliphatic carbocycles. The lowest BCUT2D eigenvalue weighted by Crippen LogP contribution is -2.30. The lowest BCUT2D eigenvalue weighted by atomic mass is 10.1. The standard InChI is InChI=1S/C65H108O6/c1-4-7-10-13-16-19-22-25-28-31-34-37-40-43-46-49-52-55-58-64(67)70-61-62(60-69-63(66)57-54-51-48-45-42-39-36-33-30-27-24-21-18-15-12-9-6-3)71-65(68)59-56-53-50-47-44-41-38-35-32-29-26-23-20-17-14-11-8-5-2/h16,19,22,25,27-32,34-39,45,48,62H,4-15,17-18,20-21,23-24,26,33,40-44,46-47,49-61H2,1-3H3/b19-16-,25-22-,30-27-,31-28-,32-29-,37-34-,38-35-,39-36-,48-45-. The maximum atomic E-state index is 12.9. The summed E-state index contributed by atoms with van der Waals surface area (Å²) in [4.78, 5) is 38.2. The van der Waals surface area contributed by atoms with E-state index in [1.807, 2.05) is 0 Å². The van der Waals surface area contributed by atoms with Crippen molar-refractivity contribution in [2.24, 2.45) is 0 Å². The number of carbonyl (C=O) groups excluding carboxylic acids is 3. The van der Waals surface area contributed by atoms with Crippen molar-refractivity contribution >= 4 is 17.9 Å². The summed E-state index contributed by atoms with van der Waals surface area (Å²) in [5, 5.41) is 0. The Balaban J connectivity index is 4.55. The zero-order valence-electron chi connectivity index (χ0n) is 46.2. The van der Waals surface area contributed by atoms with Gasteiger partial charge in [0, 0.05) is 19.3 Å². The van der Waals surface area contributed by atoms with E-state index in [-0.39, 0.29) is 37.5 Å². The van der Waals surface area contributed by atoms with Gasteiger partial charge in [-0.15, -0.1) is 0 Å². The van der Waals surface area contributed by atoms with E-state index in [0.29, 0.717) is 19.3 Å². The van der Waals surface area contributed by atoms with Crippen LogP contribution in [0.15, 0.2) is 109 Å². The minimum Gasteiger partial charge on any atom is -0.462 e. The van der Waals surface area contributed by atoms with Crippen LogP contribution in [0.5, 0.6) is 0 Å². The SMILES string of the molecule is CCCCC\C=C/C=C\C=C/C=C\CCCCCCCC(=O)OCC(COC(=O)CCC/C=C\C/C=C\C/C=C\CCCCCCCC)OC(=O)CCCCCCC/C=C\C=C/CCCCCCCCC. The van der Waals surface area contributed by atoms with E-state index >= 15 is 0 Å². The van der Waals surface area contributed by atoms with Crippen molar-refractivity contribution in [2.75, 3.05) is 13.2 Å². The van der Waals surface area contributed by atoms with Crippen LogP contribution in [0.4, 0.5) is 0 Å². The van der Waals surface area contributed by atoms with Gasteiger partial charge in [0.25, 0.3) is 0 Å². The van der Waals surface area contributed by atoms with E-state index in [9.17, 15) is 14.4 Å². The van der Waals surface area contributed by atoms with Gasteiger partial charge in [-0.25, -0.2) is 0 Å². The Morgan fingerprint density at radius 3 is 1.01 bits per heavy atom. The van der Waals surface area contributed by atoms with E-state index < -0.39 is 6.10 Å². The summed E-state index contributed by atoms with van der Waals surface area (Å²) < 4.78 is 16.8. The highest BCUT2D eigenvalue weighted by molar-refractivity contribution is 5.71. The number of rotatable bonds is 52. The molecule has 0 aromatic heterocycles. The van der Waals surface area contributed by atoms with Crippen LogP contribution >= 0.6 is 0 Å². The Kier molecular flexibility index (Phi) is 55.4. The molecule has 0 saturated heterocycles. The first-order chi connectivity index (χ1) is 35.0. The predicted molar refractivity (Wildman–Crippen MR) is 307 cm³/mol. The van der Waals surface area contributed by atoms with Crippen LogP contribution < -0.4 is 0 Å². The fourth-order valence-electron chi connectivity index (χ4n) is 7.87. The first-order valence-electron chi connectivity index (χ1n) is 29.5. The van der Waals surface area contributed by atoms with E-state index in [1.54, 1.807) is 0 Å². The predicted octanol–water partition coefficient (Wildman–Crippen LogP) is 19.9. The lowest BCUT2D eigenvalue weighted by molar-refractivity contribution is -0.167. The maximum Gasteiger partial charge on any atom is 0.306 e. The highest BCUT2D eigenvalue weighted by atomic mass is 16.6. The lowest BCUT2D eigenvalue weighted by Gasteiger charge is -2.18. The van der Waals surface area contributed by atoms with Gasteiger partial charge in [-0.05, 0) is 103 Å². The van der Waals surface area contributed by atoms with Crippen LogP contribution in [0.3, 0.4) is 0 Å². The van der Waals surface area contributed by atoms with E-state index in [2.05, 4.69) is 130 Å². The minimum absolute atomic E-state index is 0.114. The molecule has 0 aliphatic rings. The fourth-order valence-corrected chi connectivity index (χ4v) is 7.87. The molecule has 0 saturated carbocycles. The molecule has 0 aromatic carbocycles. The second-order valence-corrected chi connectivity index (χ2v) is 19.3. The molecule has 0 N–H and O–H groups in total. The molecule has 6 heteroatoms. The third kappa shape index (κ3) is 56.9. The van der Waals surface area contributed by atoms with Crippen LogP contribution in [0.1, 0.15) is 265 Å². The molecule has 0 rings (SSSR count). The first-order valence-corrected chi connectivity index (χ1v) is 29.5. The average molecular weight is 986 g/mol. The zero-order chi connectivity index (χ0) is 51.4. The highest BCUT2D eigenvalue weighted by Crippen LogP contribution is 2.13. The summed E-state index contributed by atoms with van der Waals surface area (Å²) in [5.41, 5.74) is 0. The fraction of sp³-hybridized carbons (Fsp3) is 0.677. The largest absolute Gasteiger partial charge is 0.462 e. The van der Waals surface area contributed by atoms with Gasteiger partial charge in [-0.1, -0.05) is 252 Å². The average Bonchev–Trinajstić information content (AvgIpc) is 3.37. The molecule has 71 heavy (non-hydrogen) atoms. The Morgan fingerprint density at radius 2 is 0.577 bits per heavy atom. The molecule has 0 spiro atoms. The number of ether oxygens (including phenoxy) is 3. The first kappa shape index (κ1) is 67.1. The molecule has 1 unspecified atom stereocenters. The third-order valence-electron chi connectivity index (χ3n) is 12.3. The second-order valence-electron chi connectivity index (χ2n) is 19.3. The number of unbranched alkanes of at least 4 members (excludes halogenated alkanes) is 27. The van der Waals surface area contributed by atoms with Crippen molar-refractivity contribution < 1.29 is 28.6 Å². The number of hydrogen-bond acceptors (Lipinski definition) is 6. The summed E-state index contributed by atoms with van der Waals surface area (Å²) >= 11 is 0. The summed E-state index contributed by atoms with van der Waals surface area (Å²) in [6.45, 7) is 6.52. The summed E-state index contributed by atoms with van der Waals surface area (Å²) in [7, 11) is 0. The Bertz CT molecular complexity index is 1460. The van der Waals surface area contributed by atoms with E-state index in [0.717, 1.165) is 103 Å². The second kappa shape index (κ2) is 58.6. The van der Waals surface area contributed by atoms with Gasteiger partial charge in [0.05, 0.1) is 0 Å². The smallest absolute Gasteiger partial charge is 0.306 e. The van der Waals surface area contributed by atoms with Crippen molar-refractivity contribution in [3.63, 3.8) is 0 Å². The van der Waals surface area contributed by atoms with Gasteiger partial charge in [-0.3, -0.25) is 14.4 Å². The molecule has 0 heterocycles. The van der Waals surface area contributed by atoms with Crippen LogP contribution in [0.2, 0.25) is 0 Å². The van der Waals surface area contributed by atoms with Crippen molar-refractivity contribution in [1.29, 1.82) is 0 Å². The molecule has 0 fully saturated rings. The van der Waals surface area contributed by atoms with Gasteiger partial charge in [-0.2, -0.15) is 0 Å². The van der Waals surface area contributed by atoms with Gasteiger partial charge >= 0.3 is 17.9 Å². The summed E-state index contributed by atoms with van der Waals surface area (Å²) in [5.74, 6) is -1.00. The van der Waals surface area contributed by atoms with Crippen LogP contribution in [0, 0.1) is 0 Å². The maximum absolute atomic E-state index is 12.9. The number of carbonyl (C=O) groups is 3. The molecular formula is C65H108O6.